The number of hydrogen-bond donors (Lipinski definition) is 2. The third kappa shape index (κ3) is 3.80. The molecule has 0 aliphatic carbocycles. The first-order valence-corrected chi connectivity index (χ1v) is 7.12. The van der Waals surface area contributed by atoms with E-state index < -0.39 is 0 Å². The van der Waals surface area contributed by atoms with Crippen LogP contribution in [0.4, 0.5) is 0 Å². The van der Waals surface area contributed by atoms with Crippen LogP contribution in [-0.4, -0.2) is 25.0 Å². The van der Waals surface area contributed by atoms with Crippen molar-refractivity contribution in [2.45, 2.75) is 39.7 Å². The Kier molecular flexibility index (Phi) is 4.59. The van der Waals surface area contributed by atoms with Gasteiger partial charge in [0, 0.05) is 6.04 Å². The van der Waals surface area contributed by atoms with Crippen molar-refractivity contribution in [3.63, 3.8) is 0 Å². The maximum Gasteiger partial charge on any atom is 0.224 e. The number of carbonyl (C=O) groups excluding carboxylic acids is 1. The average Bonchev–Trinajstić information content (AvgIpc) is 2.87. The molecule has 1 heterocycles. The second-order valence-corrected chi connectivity index (χ2v) is 5.70. The largest absolute Gasteiger partial charge is 0.353 e. The minimum atomic E-state index is 0.127. The third-order valence-electron chi connectivity index (χ3n) is 4.13. The Balaban J connectivity index is 1.88. The van der Waals surface area contributed by atoms with Crippen LogP contribution in [0, 0.1) is 19.8 Å². The summed E-state index contributed by atoms with van der Waals surface area (Å²) in [6.45, 7) is 8.38. The van der Waals surface area contributed by atoms with Crippen molar-refractivity contribution < 1.29 is 4.79 Å². The van der Waals surface area contributed by atoms with E-state index >= 15 is 0 Å². The van der Waals surface area contributed by atoms with E-state index in [1.54, 1.807) is 0 Å². The average molecular weight is 260 g/mol. The second-order valence-electron chi connectivity index (χ2n) is 5.70. The summed E-state index contributed by atoms with van der Waals surface area (Å²) in [7, 11) is 0. The summed E-state index contributed by atoms with van der Waals surface area (Å²) >= 11 is 0. The number of benzene rings is 1. The molecule has 0 saturated carbocycles. The van der Waals surface area contributed by atoms with Crippen LogP contribution in [-0.2, 0) is 11.2 Å². The van der Waals surface area contributed by atoms with Gasteiger partial charge in [0.1, 0.15) is 0 Å². The summed E-state index contributed by atoms with van der Waals surface area (Å²) in [6.07, 6.45) is 1.64. The van der Waals surface area contributed by atoms with Crippen molar-refractivity contribution in [3.8, 4) is 0 Å². The van der Waals surface area contributed by atoms with Crippen molar-refractivity contribution in [1.29, 1.82) is 0 Å². The highest BCUT2D eigenvalue weighted by molar-refractivity contribution is 5.78. The summed E-state index contributed by atoms with van der Waals surface area (Å²) in [5.74, 6) is 0.700. The molecule has 2 unspecified atom stereocenters. The molecule has 0 aromatic heterocycles. The first-order valence-electron chi connectivity index (χ1n) is 7.12. The lowest BCUT2D eigenvalue weighted by atomic mass is 10.00. The van der Waals surface area contributed by atoms with Crippen LogP contribution >= 0.6 is 0 Å². The predicted molar refractivity (Wildman–Crippen MR) is 78.2 cm³/mol. The summed E-state index contributed by atoms with van der Waals surface area (Å²) in [5.41, 5.74) is 3.62. The molecule has 2 atom stereocenters. The van der Waals surface area contributed by atoms with Gasteiger partial charge in [0.15, 0.2) is 0 Å². The fourth-order valence-corrected chi connectivity index (χ4v) is 2.63. The number of aryl methyl sites for hydroxylation is 2. The molecule has 2 N–H and O–H groups in total. The van der Waals surface area contributed by atoms with Gasteiger partial charge >= 0.3 is 0 Å². The molecular weight excluding hydrogens is 236 g/mol. The van der Waals surface area contributed by atoms with E-state index in [0.29, 0.717) is 12.3 Å². The monoisotopic (exact) mass is 260 g/mol. The Morgan fingerprint density at radius 1 is 1.42 bits per heavy atom. The van der Waals surface area contributed by atoms with Crippen molar-refractivity contribution in [2.75, 3.05) is 13.1 Å². The van der Waals surface area contributed by atoms with Gasteiger partial charge in [0.05, 0.1) is 6.42 Å². The van der Waals surface area contributed by atoms with E-state index in [1.807, 2.05) is 6.07 Å². The van der Waals surface area contributed by atoms with Gasteiger partial charge in [-0.25, -0.2) is 0 Å². The molecule has 19 heavy (non-hydrogen) atoms. The molecule has 1 aromatic rings. The number of amides is 1. The predicted octanol–water partition coefficient (Wildman–Crippen LogP) is 1.96. The molecule has 1 aliphatic heterocycles. The van der Waals surface area contributed by atoms with E-state index in [1.165, 1.54) is 11.1 Å². The number of hydrogen-bond acceptors (Lipinski definition) is 2. The van der Waals surface area contributed by atoms with Gasteiger partial charge in [0.25, 0.3) is 0 Å². The quantitative estimate of drug-likeness (QED) is 0.869. The lowest BCUT2D eigenvalue weighted by Crippen LogP contribution is -2.39. The molecule has 3 nitrogen and oxygen atoms in total. The Morgan fingerprint density at radius 3 is 2.84 bits per heavy atom. The first-order chi connectivity index (χ1) is 9.06. The van der Waals surface area contributed by atoms with Gasteiger partial charge in [-0.05, 0) is 62.9 Å². The van der Waals surface area contributed by atoms with Crippen LogP contribution < -0.4 is 10.6 Å². The van der Waals surface area contributed by atoms with E-state index in [2.05, 4.69) is 43.5 Å². The second kappa shape index (κ2) is 6.20. The molecule has 0 radical (unpaired) electrons. The van der Waals surface area contributed by atoms with Crippen LogP contribution in [0.5, 0.6) is 0 Å². The summed E-state index contributed by atoms with van der Waals surface area (Å²) < 4.78 is 0. The van der Waals surface area contributed by atoms with Gasteiger partial charge in [0.2, 0.25) is 5.91 Å². The van der Waals surface area contributed by atoms with Gasteiger partial charge < -0.3 is 10.6 Å². The Labute approximate surface area is 115 Å². The van der Waals surface area contributed by atoms with Crippen molar-refractivity contribution in [1.82, 2.24) is 10.6 Å². The maximum absolute atomic E-state index is 12.0. The highest BCUT2D eigenvalue weighted by atomic mass is 16.1. The molecule has 3 heteroatoms. The van der Waals surface area contributed by atoms with E-state index in [9.17, 15) is 4.79 Å². The fraction of sp³-hybridized carbons (Fsp3) is 0.562. The van der Waals surface area contributed by atoms with Gasteiger partial charge in [-0.15, -0.1) is 0 Å². The molecular formula is C16H24N2O. The molecule has 1 aromatic carbocycles. The SMILES string of the molecule is Cc1ccc(CC(=O)NC(C)C2CCNC2)cc1C. The van der Waals surface area contributed by atoms with E-state index in [4.69, 9.17) is 0 Å². The zero-order chi connectivity index (χ0) is 13.8. The first kappa shape index (κ1) is 14.1. The number of nitrogens with one attached hydrogen (secondary N) is 2. The standard InChI is InChI=1S/C16H24N2O/c1-11-4-5-14(8-12(11)2)9-16(19)18-13(3)15-6-7-17-10-15/h4-5,8,13,15,17H,6-7,9-10H2,1-3H3,(H,18,19). The van der Waals surface area contributed by atoms with Crippen LogP contribution in [0.15, 0.2) is 18.2 Å². The maximum atomic E-state index is 12.0. The Morgan fingerprint density at radius 2 is 2.21 bits per heavy atom. The summed E-state index contributed by atoms with van der Waals surface area (Å²) in [5, 5.41) is 6.46. The van der Waals surface area contributed by atoms with Crippen LogP contribution in [0.25, 0.3) is 0 Å². The number of rotatable bonds is 4. The number of carbonyl (C=O) groups is 1. The summed E-state index contributed by atoms with van der Waals surface area (Å²) in [4.78, 5) is 12.0. The minimum Gasteiger partial charge on any atom is -0.353 e. The highest BCUT2D eigenvalue weighted by Gasteiger charge is 2.22. The molecule has 1 amide bonds. The Hall–Kier alpha value is -1.35. The van der Waals surface area contributed by atoms with Gasteiger partial charge in [-0.2, -0.15) is 0 Å². The summed E-state index contributed by atoms with van der Waals surface area (Å²) in [6, 6.07) is 6.50. The molecule has 0 spiro atoms. The smallest absolute Gasteiger partial charge is 0.224 e. The minimum absolute atomic E-state index is 0.127. The lowest BCUT2D eigenvalue weighted by Gasteiger charge is -2.19. The third-order valence-corrected chi connectivity index (χ3v) is 4.13. The highest BCUT2D eigenvalue weighted by Crippen LogP contribution is 2.13. The van der Waals surface area contributed by atoms with Crippen LogP contribution in [0.3, 0.4) is 0 Å². The fourth-order valence-electron chi connectivity index (χ4n) is 2.63. The zero-order valence-corrected chi connectivity index (χ0v) is 12.1. The van der Waals surface area contributed by atoms with Crippen LogP contribution in [0.1, 0.15) is 30.0 Å². The van der Waals surface area contributed by atoms with Gasteiger partial charge in [-0.3, -0.25) is 4.79 Å². The molecule has 104 valence electrons. The molecule has 2 rings (SSSR count). The normalized spacial score (nSPS) is 20.3. The lowest BCUT2D eigenvalue weighted by molar-refractivity contribution is -0.121. The zero-order valence-electron chi connectivity index (χ0n) is 12.1. The van der Waals surface area contributed by atoms with Crippen molar-refractivity contribution in [2.24, 2.45) is 5.92 Å². The van der Waals surface area contributed by atoms with E-state index in [0.717, 1.165) is 25.1 Å². The van der Waals surface area contributed by atoms with Gasteiger partial charge in [-0.1, -0.05) is 18.2 Å². The topological polar surface area (TPSA) is 41.1 Å². The molecule has 1 saturated heterocycles. The van der Waals surface area contributed by atoms with Crippen molar-refractivity contribution in [3.05, 3.63) is 34.9 Å². The molecule has 0 bridgehead atoms. The van der Waals surface area contributed by atoms with Crippen LogP contribution in [0.2, 0.25) is 0 Å². The Bertz CT molecular complexity index is 450. The van der Waals surface area contributed by atoms with E-state index in [-0.39, 0.29) is 11.9 Å². The molecule has 1 aliphatic rings. The van der Waals surface area contributed by atoms with Crippen molar-refractivity contribution >= 4 is 5.91 Å². The molecule has 1 fully saturated rings.